The minimum absolute atomic E-state index is 0.0613. The summed E-state index contributed by atoms with van der Waals surface area (Å²) in [6.45, 7) is 6.57. The molecule has 8 heteroatoms. The van der Waals surface area contributed by atoms with Gasteiger partial charge in [-0.15, -0.1) is 0 Å². The van der Waals surface area contributed by atoms with Gasteiger partial charge in [0.15, 0.2) is 0 Å². The Morgan fingerprint density at radius 3 is 2.13 bits per heavy atom. The van der Waals surface area contributed by atoms with Gasteiger partial charge >= 0.3 is 6.18 Å². The molecule has 1 aromatic heterocycles. The molecule has 0 radical (unpaired) electrons. The highest BCUT2D eigenvalue weighted by Gasteiger charge is 2.35. The van der Waals surface area contributed by atoms with Crippen LogP contribution in [-0.2, 0) is 6.18 Å². The summed E-state index contributed by atoms with van der Waals surface area (Å²) in [5.74, 6) is 0.751. The number of alkyl halides is 3. The van der Waals surface area contributed by atoms with Gasteiger partial charge in [-0.2, -0.15) is 18.2 Å². The fraction of sp³-hybridized carbons (Fsp3) is 0.273. The van der Waals surface area contributed by atoms with Crippen LogP contribution in [0.5, 0.6) is 5.75 Å². The second kappa shape index (κ2) is 9.02. The van der Waals surface area contributed by atoms with Crippen LogP contribution in [0.25, 0.3) is 0 Å². The zero-order valence-electron chi connectivity index (χ0n) is 16.9. The van der Waals surface area contributed by atoms with Gasteiger partial charge in [0.1, 0.15) is 17.1 Å². The largest absolute Gasteiger partial charge is 0.493 e. The molecule has 1 heterocycles. The third-order valence-electron chi connectivity index (χ3n) is 4.10. The molecule has 30 heavy (non-hydrogen) atoms. The molecule has 158 valence electrons. The number of hydrogen-bond donors (Lipinski definition) is 2. The standard InChI is InChI=1S/C22H23F3N4O/c1-14(2)13-30-18-10-8-16(9-11-18)27-20-19(22(23,24)25)12-26-21(29-20)28-17-6-4-15(3)5-7-17/h4-12,14H,13H2,1-3H3,(H2,26,27,28,29). The number of anilines is 4. The first-order chi connectivity index (χ1) is 14.2. The summed E-state index contributed by atoms with van der Waals surface area (Å²) < 4.78 is 45.9. The van der Waals surface area contributed by atoms with E-state index in [1.54, 1.807) is 36.4 Å². The smallest absolute Gasteiger partial charge is 0.421 e. The minimum atomic E-state index is -4.59. The number of aryl methyl sites for hydroxylation is 1. The summed E-state index contributed by atoms with van der Waals surface area (Å²) in [4.78, 5) is 7.87. The lowest BCUT2D eigenvalue weighted by molar-refractivity contribution is -0.137. The van der Waals surface area contributed by atoms with Crippen LogP contribution in [0.2, 0.25) is 0 Å². The van der Waals surface area contributed by atoms with Crippen LogP contribution < -0.4 is 15.4 Å². The Morgan fingerprint density at radius 1 is 0.933 bits per heavy atom. The Morgan fingerprint density at radius 2 is 1.53 bits per heavy atom. The van der Waals surface area contributed by atoms with E-state index in [-0.39, 0.29) is 11.8 Å². The van der Waals surface area contributed by atoms with Gasteiger partial charge in [-0.3, -0.25) is 0 Å². The summed E-state index contributed by atoms with van der Waals surface area (Å²) in [5.41, 5.74) is 1.25. The van der Waals surface area contributed by atoms with Crippen molar-refractivity contribution >= 4 is 23.1 Å². The Labute approximate surface area is 173 Å². The van der Waals surface area contributed by atoms with Crippen molar-refractivity contribution in [2.45, 2.75) is 26.9 Å². The van der Waals surface area contributed by atoms with E-state index in [9.17, 15) is 13.2 Å². The number of nitrogens with one attached hydrogen (secondary N) is 2. The Kier molecular flexibility index (Phi) is 6.44. The first kappa shape index (κ1) is 21.4. The number of hydrogen-bond acceptors (Lipinski definition) is 5. The van der Waals surface area contributed by atoms with Crippen molar-refractivity contribution < 1.29 is 17.9 Å². The van der Waals surface area contributed by atoms with E-state index in [1.807, 2.05) is 32.9 Å². The third kappa shape index (κ3) is 5.85. The van der Waals surface area contributed by atoms with Crippen LogP contribution in [0.15, 0.2) is 54.7 Å². The molecule has 2 aromatic carbocycles. The maximum Gasteiger partial charge on any atom is 0.421 e. The lowest BCUT2D eigenvalue weighted by Gasteiger charge is -2.15. The number of aromatic nitrogens is 2. The molecular formula is C22H23F3N4O. The first-order valence-corrected chi connectivity index (χ1v) is 9.48. The molecule has 0 saturated carbocycles. The van der Waals surface area contributed by atoms with Crippen molar-refractivity contribution in [2.75, 3.05) is 17.2 Å². The maximum absolute atomic E-state index is 13.4. The molecule has 0 unspecified atom stereocenters. The number of benzene rings is 2. The molecule has 0 saturated heterocycles. The summed E-state index contributed by atoms with van der Waals surface area (Å²) in [6.07, 6.45) is -3.82. The van der Waals surface area contributed by atoms with E-state index in [0.717, 1.165) is 11.8 Å². The number of ether oxygens (including phenoxy) is 1. The Balaban J connectivity index is 1.82. The van der Waals surface area contributed by atoms with Crippen LogP contribution in [0.1, 0.15) is 25.0 Å². The van der Waals surface area contributed by atoms with Crippen molar-refractivity contribution in [2.24, 2.45) is 5.92 Å². The maximum atomic E-state index is 13.4. The molecular weight excluding hydrogens is 393 g/mol. The van der Waals surface area contributed by atoms with Crippen LogP contribution in [0, 0.1) is 12.8 Å². The lowest BCUT2D eigenvalue weighted by atomic mass is 10.2. The Bertz CT molecular complexity index is 971. The zero-order chi connectivity index (χ0) is 21.7. The quantitative estimate of drug-likeness (QED) is 0.472. The molecule has 2 N–H and O–H groups in total. The molecule has 5 nitrogen and oxygen atoms in total. The topological polar surface area (TPSA) is 59.1 Å². The van der Waals surface area contributed by atoms with Gasteiger partial charge in [0.25, 0.3) is 0 Å². The van der Waals surface area contributed by atoms with Gasteiger partial charge in [0, 0.05) is 17.6 Å². The molecule has 0 bridgehead atoms. The van der Waals surface area contributed by atoms with Crippen LogP contribution >= 0.6 is 0 Å². The number of rotatable bonds is 7. The molecule has 0 atom stereocenters. The highest BCUT2D eigenvalue weighted by Crippen LogP contribution is 2.35. The van der Waals surface area contributed by atoms with Crippen LogP contribution in [0.3, 0.4) is 0 Å². The van der Waals surface area contributed by atoms with Gasteiger partial charge in [-0.05, 0) is 49.2 Å². The third-order valence-corrected chi connectivity index (χ3v) is 4.10. The van der Waals surface area contributed by atoms with E-state index < -0.39 is 11.7 Å². The SMILES string of the molecule is Cc1ccc(Nc2ncc(C(F)(F)F)c(Nc3ccc(OCC(C)C)cc3)n2)cc1. The summed E-state index contributed by atoms with van der Waals surface area (Å²) in [5, 5.41) is 5.66. The Hall–Kier alpha value is -3.29. The second-order valence-electron chi connectivity index (χ2n) is 7.30. The van der Waals surface area contributed by atoms with Crippen molar-refractivity contribution in [3.8, 4) is 5.75 Å². The van der Waals surface area contributed by atoms with Crippen molar-refractivity contribution in [1.82, 2.24) is 9.97 Å². The van der Waals surface area contributed by atoms with E-state index in [0.29, 0.717) is 29.6 Å². The predicted octanol–water partition coefficient (Wildman–Crippen LogP) is 6.33. The highest BCUT2D eigenvalue weighted by atomic mass is 19.4. The molecule has 0 aliphatic rings. The minimum Gasteiger partial charge on any atom is -0.493 e. The van der Waals surface area contributed by atoms with Gasteiger partial charge in [-0.25, -0.2) is 4.98 Å². The van der Waals surface area contributed by atoms with Crippen molar-refractivity contribution in [3.05, 3.63) is 65.9 Å². The second-order valence-corrected chi connectivity index (χ2v) is 7.30. The van der Waals surface area contributed by atoms with E-state index in [1.165, 1.54) is 0 Å². The fourth-order valence-corrected chi connectivity index (χ4v) is 2.54. The average Bonchev–Trinajstić information content (AvgIpc) is 2.68. The molecule has 0 aliphatic carbocycles. The summed E-state index contributed by atoms with van der Waals surface area (Å²) >= 11 is 0. The zero-order valence-corrected chi connectivity index (χ0v) is 16.9. The molecule has 0 spiro atoms. The van der Waals surface area contributed by atoms with Gasteiger partial charge in [0.2, 0.25) is 5.95 Å². The van der Waals surface area contributed by atoms with Gasteiger partial charge < -0.3 is 15.4 Å². The molecule has 3 aromatic rings. The van der Waals surface area contributed by atoms with Crippen LogP contribution in [-0.4, -0.2) is 16.6 Å². The normalized spacial score (nSPS) is 11.4. The average molecular weight is 416 g/mol. The summed E-state index contributed by atoms with van der Waals surface area (Å²) in [7, 11) is 0. The molecule has 0 fully saturated rings. The van der Waals surface area contributed by atoms with Gasteiger partial charge in [0.05, 0.1) is 6.61 Å². The van der Waals surface area contributed by atoms with Gasteiger partial charge in [-0.1, -0.05) is 31.5 Å². The van der Waals surface area contributed by atoms with Crippen LogP contribution in [0.4, 0.5) is 36.3 Å². The molecule has 3 rings (SSSR count). The first-order valence-electron chi connectivity index (χ1n) is 9.48. The highest BCUT2D eigenvalue weighted by molar-refractivity contribution is 5.63. The van der Waals surface area contributed by atoms with E-state index >= 15 is 0 Å². The van der Waals surface area contributed by atoms with Crippen molar-refractivity contribution in [1.29, 1.82) is 0 Å². The monoisotopic (exact) mass is 416 g/mol. The molecule has 0 aliphatic heterocycles. The predicted molar refractivity (Wildman–Crippen MR) is 112 cm³/mol. The molecule has 0 amide bonds. The number of nitrogens with zero attached hydrogens (tertiary/aromatic N) is 2. The number of halogens is 3. The van der Waals surface area contributed by atoms with E-state index in [4.69, 9.17) is 4.74 Å². The summed E-state index contributed by atoms with van der Waals surface area (Å²) in [6, 6.07) is 14.1. The fourth-order valence-electron chi connectivity index (χ4n) is 2.54. The lowest BCUT2D eigenvalue weighted by Crippen LogP contribution is -2.12. The van der Waals surface area contributed by atoms with Crippen molar-refractivity contribution in [3.63, 3.8) is 0 Å². The van der Waals surface area contributed by atoms with E-state index in [2.05, 4.69) is 20.6 Å².